The summed E-state index contributed by atoms with van der Waals surface area (Å²) in [6, 6.07) is 12.4. The summed E-state index contributed by atoms with van der Waals surface area (Å²) in [6.07, 6.45) is -1.41. The predicted molar refractivity (Wildman–Crippen MR) is 125 cm³/mol. The number of rotatable bonds is 6. The summed E-state index contributed by atoms with van der Waals surface area (Å²) in [5, 5.41) is 16.3. The molecule has 2 amide bonds. The minimum absolute atomic E-state index is 0.0362. The second-order valence-electron chi connectivity index (χ2n) is 9.61. The number of nitrogens with zero attached hydrogens (tertiary/aromatic N) is 1. The molecule has 2 aromatic carbocycles. The fraction of sp³-hybridized carbons (Fsp3) is 0.462. The first kappa shape index (κ1) is 25.2. The van der Waals surface area contributed by atoms with Gasteiger partial charge in [0.1, 0.15) is 0 Å². The third-order valence-electron chi connectivity index (χ3n) is 7.02. The Hall–Kier alpha value is -2.91. The molecular formula is C26H30F3N3O3. The van der Waals surface area contributed by atoms with Crippen molar-refractivity contribution < 1.29 is 27.9 Å². The number of benzene rings is 2. The summed E-state index contributed by atoms with van der Waals surface area (Å²) in [7, 11) is 0. The first-order valence-corrected chi connectivity index (χ1v) is 11.8. The van der Waals surface area contributed by atoms with Crippen LogP contribution in [-0.4, -0.2) is 53.5 Å². The van der Waals surface area contributed by atoms with Crippen LogP contribution in [0.3, 0.4) is 0 Å². The van der Waals surface area contributed by atoms with Crippen LogP contribution >= 0.6 is 0 Å². The quantitative estimate of drug-likeness (QED) is 0.581. The molecule has 2 aromatic rings. The highest BCUT2D eigenvalue weighted by molar-refractivity contribution is 5.96. The number of amides is 2. The van der Waals surface area contributed by atoms with Crippen LogP contribution in [0.15, 0.2) is 48.5 Å². The Morgan fingerprint density at radius 1 is 1.09 bits per heavy atom. The lowest BCUT2D eigenvalue weighted by molar-refractivity contribution is -0.137. The Bertz CT molecular complexity index is 1060. The highest BCUT2D eigenvalue weighted by Crippen LogP contribution is 2.39. The van der Waals surface area contributed by atoms with Crippen LogP contribution < -0.4 is 10.6 Å². The molecule has 0 unspecified atom stereocenters. The van der Waals surface area contributed by atoms with Gasteiger partial charge in [-0.15, -0.1) is 0 Å². The van der Waals surface area contributed by atoms with Crippen molar-refractivity contribution in [2.75, 3.05) is 19.6 Å². The molecule has 1 saturated carbocycles. The van der Waals surface area contributed by atoms with E-state index in [0.717, 1.165) is 42.2 Å². The lowest BCUT2D eigenvalue weighted by Gasteiger charge is -2.48. The fourth-order valence-corrected chi connectivity index (χ4v) is 4.88. The van der Waals surface area contributed by atoms with E-state index < -0.39 is 23.2 Å². The van der Waals surface area contributed by atoms with Crippen molar-refractivity contribution in [3.63, 3.8) is 0 Å². The molecule has 6 nitrogen and oxygen atoms in total. The van der Waals surface area contributed by atoms with Gasteiger partial charge in [-0.2, -0.15) is 13.2 Å². The zero-order valence-corrected chi connectivity index (χ0v) is 19.6. The number of aryl methyl sites for hydroxylation is 1. The maximum Gasteiger partial charge on any atom is 0.416 e. The van der Waals surface area contributed by atoms with Gasteiger partial charge in [0.15, 0.2) is 0 Å². The molecule has 1 aliphatic heterocycles. The summed E-state index contributed by atoms with van der Waals surface area (Å²) in [4.78, 5) is 26.6. The second-order valence-corrected chi connectivity index (χ2v) is 9.61. The minimum Gasteiger partial charge on any atom is -0.385 e. The molecule has 2 fully saturated rings. The fourth-order valence-electron chi connectivity index (χ4n) is 4.88. The number of nitrogens with one attached hydrogen (secondary N) is 2. The highest BCUT2D eigenvalue weighted by Gasteiger charge is 2.40. The molecular weight excluding hydrogens is 459 g/mol. The minimum atomic E-state index is -4.54. The van der Waals surface area contributed by atoms with Crippen LogP contribution in [-0.2, 0) is 16.6 Å². The third kappa shape index (κ3) is 6.02. The Kier molecular flexibility index (Phi) is 7.19. The van der Waals surface area contributed by atoms with Crippen molar-refractivity contribution in [1.82, 2.24) is 15.5 Å². The van der Waals surface area contributed by atoms with E-state index in [1.165, 1.54) is 6.07 Å². The molecule has 1 saturated heterocycles. The number of likely N-dealkylation sites (tertiary alicyclic amines) is 1. The van der Waals surface area contributed by atoms with Gasteiger partial charge in [-0.1, -0.05) is 35.9 Å². The van der Waals surface area contributed by atoms with Crippen molar-refractivity contribution in [1.29, 1.82) is 0 Å². The topological polar surface area (TPSA) is 81.7 Å². The van der Waals surface area contributed by atoms with Crippen LogP contribution in [0.4, 0.5) is 13.2 Å². The van der Waals surface area contributed by atoms with E-state index in [1.54, 1.807) is 0 Å². The van der Waals surface area contributed by atoms with E-state index in [4.69, 9.17) is 0 Å². The van der Waals surface area contributed by atoms with Gasteiger partial charge in [0.2, 0.25) is 5.91 Å². The number of halogens is 3. The van der Waals surface area contributed by atoms with Crippen LogP contribution in [0.25, 0.3) is 0 Å². The van der Waals surface area contributed by atoms with Crippen LogP contribution in [0, 0.1) is 6.92 Å². The molecule has 35 heavy (non-hydrogen) atoms. The zero-order chi connectivity index (χ0) is 25.2. The maximum absolute atomic E-state index is 12.8. The highest BCUT2D eigenvalue weighted by atomic mass is 19.4. The van der Waals surface area contributed by atoms with Crippen LogP contribution in [0.1, 0.15) is 52.7 Å². The Balaban J connectivity index is 1.18. The van der Waals surface area contributed by atoms with E-state index in [-0.39, 0.29) is 24.1 Å². The molecule has 0 spiro atoms. The maximum atomic E-state index is 12.8. The first-order valence-electron chi connectivity index (χ1n) is 11.8. The van der Waals surface area contributed by atoms with Gasteiger partial charge < -0.3 is 15.7 Å². The molecule has 4 rings (SSSR count). The molecule has 0 radical (unpaired) electrons. The molecule has 0 aromatic heterocycles. The Labute approximate surface area is 202 Å². The van der Waals surface area contributed by atoms with Gasteiger partial charge in [0.05, 0.1) is 23.8 Å². The SMILES string of the molecule is Cc1ccc(C2(O)CCC(N3CC(NC(=O)CNC(=O)c4cccc(C(F)(F)F)c4)C3)CC2)cc1. The first-order chi connectivity index (χ1) is 16.5. The summed E-state index contributed by atoms with van der Waals surface area (Å²) in [5.41, 5.74) is 0.271. The van der Waals surface area contributed by atoms with Crippen molar-refractivity contribution in [3.05, 3.63) is 70.8 Å². The normalized spacial score (nSPS) is 23.4. The number of carbonyl (C=O) groups excluding carboxylic acids is 2. The number of alkyl halides is 3. The number of aliphatic hydroxyl groups is 1. The molecule has 3 N–H and O–H groups in total. The van der Waals surface area contributed by atoms with Crippen LogP contribution in [0.5, 0.6) is 0 Å². The van der Waals surface area contributed by atoms with E-state index >= 15 is 0 Å². The summed E-state index contributed by atoms with van der Waals surface area (Å²) in [6.45, 7) is 3.11. The lowest BCUT2D eigenvalue weighted by Crippen LogP contribution is -2.63. The van der Waals surface area contributed by atoms with E-state index in [9.17, 15) is 27.9 Å². The predicted octanol–water partition coefficient (Wildman–Crippen LogP) is 3.37. The summed E-state index contributed by atoms with van der Waals surface area (Å²) in [5.74, 6) is -1.11. The van der Waals surface area contributed by atoms with E-state index in [0.29, 0.717) is 32.0 Å². The summed E-state index contributed by atoms with van der Waals surface area (Å²) >= 11 is 0. The van der Waals surface area contributed by atoms with E-state index in [2.05, 4.69) is 15.5 Å². The number of hydrogen-bond acceptors (Lipinski definition) is 4. The molecule has 0 bridgehead atoms. The smallest absolute Gasteiger partial charge is 0.385 e. The largest absolute Gasteiger partial charge is 0.416 e. The van der Waals surface area contributed by atoms with Gasteiger partial charge in [-0.05, 0) is 56.4 Å². The number of carbonyl (C=O) groups is 2. The van der Waals surface area contributed by atoms with Crippen molar-refractivity contribution in [2.45, 2.75) is 56.5 Å². The Morgan fingerprint density at radius 3 is 2.37 bits per heavy atom. The average molecular weight is 490 g/mol. The molecule has 1 heterocycles. The molecule has 188 valence electrons. The monoisotopic (exact) mass is 489 g/mol. The summed E-state index contributed by atoms with van der Waals surface area (Å²) < 4.78 is 38.5. The van der Waals surface area contributed by atoms with Crippen molar-refractivity contribution in [3.8, 4) is 0 Å². The standard InChI is InChI=1S/C26H30F3N3O3/c1-17-5-7-19(8-6-17)25(35)11-9-22(10-12-25)32-15-21(16-32)31-23(33)14-30-24(34)18-3-2-4-20(13-18)26(27,28)29/h2-8,13,21-22,35H,9-12,14-16H2,1H3,(H,30,34)(H,31,33). The average Bonchev–Trinajstić information content (AvgIpc) is 2.80. The molecule has 0 atom stereocenters. The second kappa shape index (κ2) is 9.99. The van der Waals surface area contributed by atoms with Gasteiger partial charge in [0.25, 0.3) is 5.91 Å². The van der Waals surface area contributed by atoms with Gasteiger partial charge in [0, 0.05) is 24.7 Å². The third-order valence-corrected chi connectivity index (χ3v) is 7.02. The molecule has 9 heteroatoms. The van der Waals surface area contributed by atoms with Gasteiger partial charge in [-0.3, -0.25) is 14.5 Å². The van der Waals surface area contributed by atoms with Crippen molar-refractivity contribution >= 4 is 11.8 Å². The van der Waals surface area contributed by atoms with Crippen molar-refractivity contribution in [2.24, 2.45) is 0 Å². The molecule has 2 aliphatic rings. The van der Waals surface area contributed by atoms with E-state index in [1.807, 2.05) is 31.2 Å². The zero-order valence-electron chi connectivity index (χ0n) is 19.6. The van der Waals surface area contributed by atoms with Crippen LogP contribution in [0.2, 0.25) is 0 Å². The molecule has 1 aliphatic carbocycles. The number of hydrogen-bond donors (Lipinski definition) is 3. The van der Waals surface area contributed by atoms with Gasteiger partial charge >= 0.3 is 6.18 Å². The van der Waals surface area contributed by atoms with Gasteiger partial charge in [-0.25, -0.2) is 0 Å². The lowest BCUT2D eigenvalue weighted by atomic mass is 9.76. The Morgan fingerprint density at radius 2 is 1.74 bits per heavy atom.